The summed E-state index contributed by atoms with van der Waals surface area (Å²) in [4.78, 5) is 25.6. The number of thiazole rings is 1. The number of nitriles is 1. The maximum atomic E-state index is 13.5. The lowest BCUT2D eigenvalue weighted by molar-refractivity contribution is -0.189. The number of benzene rings is 1. The van der Waals surface area contributed by atoms with Gasteiger partial charge in [-0.25, -0.2) is 18.4 Å². The van der Waals surface area contributed by atoms with E-state index in [1.807, 2.05) is 29.2 Å². The van der Waals surface area contributed by atoms with Gasteiger partial charge in [-0.05, 0) is 56.4 Å². The van der Waals surface area contributed by atoms with Gasteiger partial charge in [0.25, 0.3) is 0 Å². The van der Waals surface area contributed by atoms with Crippen molar-refractivity contribution in [2.75, 3.05) is 29.5 Å². The van der Waals surface area contributed by atoms with Crippen molar-refractivity contribution in [1.82, 2.24) is 15.3 Å². The van der Waals surface area contributed by atoms with Crippen LogP contribution < -0.4 is 15.0 Å². The van der Waals surface area contributed by atoms with E-state index in [1.54, 1.807) is 6.07 Å². The van der Waals surface area contributed by atoms with Gasteiger partial charge in [0.15, 0.2) is 15.9 Å². The van der Waals surface area contributed by atoms with Gasteiger partial charge < -0.3 is 15.0 Å². The summed E-state index contributed by atoms with van der Waals surface area (Å²) in [5, 5.41) is 13.2. The predicted octanol–water partition coefficient (Wildman–Crippen LogP) is 5.88. The summed E-state index contributed by atoms with van der Waals surface area (Å²) in [6.45, 7) is 1.77. The molecule has 14 heteroatoms. The van der Waals surface area contributed by atoms with Crippen molar-refractivity contribution in [3.63, 3.8) is 0 Å². The highest BCUT2D eigenvalue weighted by Crippen LogP contribution is 2.47. The highest BCUT2D eigenvalue weighted by atomic mass is 32.2. The molecule has 0 radical (unpaired) electrons. The molecule has 3 fully saturated rings. The number of halogens is 3. The zero-order valence-corrected chi connectivity index (χ0v) is 26.8. The van der Waals surface area contributed by atoms with E-state index in [-0.39, 0.29) is 35.1 Å². The molecule has 3 atom stereocenters. The lowest BCUT2D eigenvalue weighted by atomic mass is 9.76. The topological polar surface area (TPSA) is 125 Å². The summed E-state index contributed by atoms with van der Waals surface area (Å²) in [7, 11) is -3.02. The number of alkyl halides is 3. The van der Waals surface area contributed by atoms with Gasteiger partial charge in [0.2, 0.25) is 11.8 Å². The van der Waals surface area contributed by atoms with E-state index in [9.17, 15) is 31.6 Å². The molecule has 0 bridgehead atoms. The van der Waals surface area contributed by atoms with Gasteiger partial charge in [0.1, 0.15) is 10.5 Å². The molecule has 1 amide bonds. The Morgan fingerprint density at radius 2 is 1.78 bits per heavy atom. The number of amides is 1. The van der Waals surface area contributed by atoms with Gasteiger partial charge in [0, 0.05) is 48.4 Å². The van der Waals surface area contributed by atoms with Crippen molar-refractivity contribution in [3.8, 4) is 33.0 Å². The number of rotatable bonds is 8. The van der Waals surface area contributed by atoms with E-state index in [0.29, 0.717) is 42.9 Å². The molecule has 0 spiro atoms. The number of nitrogens with one attached hydrogen (secondary N) is 1. The third kappa shape index (κ3) is 7.00. The first-order valence-electron chi connectivity index (χ1n) is 15.4. The smallest absolute Gasteiger partial charge is 0.425 e. The molecule has 9 nitrogen and oxygen atoms in total. The lowest BCUT2D eigenvalue weighted by Gasteiger charge is -2.31. The van der Waals surface area contributed by atoms with E-state index in [1.165, 1.54) is 23.6 Å². The number of anilines is 1. The quantitative estimate of drug-likeness (QED) is 0.314. The maximum absolute atomic E-state index is 13.5. The van der Waals surface area contributed by atoms with Crippen LogP contribution in [0.2, 0.25) is 0 Å². The number of ether oxygens (including phenoxy) is 1. The van der Waals surface area contributed by atoms with Crippen LogP contribution >= 0.6 is 11.3 Å². The lowest BCUT2D eigenvalue weighted by Crippen LogP contribution is -2.42. The Hall–Kier alpha value is -3.70. The van der Waals surface area contributed by atoms with E-state index in [2.05, 4.69) is 16.4 Å². The molecule has 3 aromatic rings. The molecular weight excluding hydrogens is 640 g/mol. The molecule has 244 valence electrons. The molecule has 1 aromatic carbocycles. The van der Waals surface area contributed by atoms with Crippen molar-refractivity contribution >= 4 is 32.8 Å². The van der Waals surface area contributed by atoms with Crippen LogP contribution in [0.1, 0.15) is 57.1 Å². The minimum absolute atomic E-state index is 0.113. The SMILES string of the molecule is CC(Oc1ccc(-c2nc([C@@H]3CCCC[C@H]3C(=O)NC3(C#N)CC3)c(-c3ccc(N4CCS(=O)(=O)CC4)cc3)s2)cn1)C(F)(F)F. The predicted molar refractivity (Wildman–Crippen MR) is 168 cm³/mol. The third-order valence-electron chi connectivity index (χ3n) is 9.01. The molecule has 6 rings (SSSR count). The zero-order chi connectivity index (χ0) is 32.7. The van der Waals surface area contributed by atoms with Crippen LogP contribution in [0.15, 0.2) is 42.6 Å². The maximum Gasteiger partial charge on any atom is 0.425 e. The summed E-state index contributed by atoms with van der Waals surface area (Å²) >= 11 is 1.42. The van der Waals surface area contributed by atoms with Gasteiger partial charge in [-0.15, -0.1) is 11.3 Å². The van der Waals surface area contributed by atoms with Crippen LogP contribution in [0.5, 0.6) is 5.88 Å². The summed E-state index contributed by atoms with van der Waals surface area (Å²) in [6, 6.07) is 13.1. The number of carbonyl (C=O) groups is 1. The fraction of sp³-hybridized carbons (Fsp3) is 0.500. The standard InChI is InChI=1S/C32H34F3N5O4S2/c1-20(32(33,34)35)44-26-11-8-22(18-37-26)30-38-27(24-4-2-3-5-25(24)29(41)39-31(19-36)12-13-31)28(45-30)21-6-9-23(10-7-21)40-14-16-46(42,43)17-15-40/h6-11,18,20,24-25H,2-5,12-17H2,1H3,(H,39,41)/t20?,24-,25-/m1/s1. The monoisotopic (exact) mass is 673 g/mol. The third-order valence-corrected chi connectivity index (χ3v) is 11.8. The molecule has 2 aliphatic carbocycles. The first kappa shape index (κ1) is 32.2. The number of hydrogen-bond donors (Lipinski definition) is 1. The number of carbonyl (C=O) groups excluding carboxylic acids is 1. The summed E-state index contributed by atoms with van der Waals surface area (Å²) in [5.74, 6) is -0.618. The first-order chi connectivity index (χ1) is 21.9. The molecule has 3 aliphatic rings. The van der Waals surface area contributed by atoms with Crippen LogP contribution in [-0.2, 0) is 14.6 Å². The number of pyridine rings is 1. The second-order valence-electron chi connectivity index (χ2n) is 12.3. The van der Waals surface area contributed by atoms with Crippen LogP contribution in [0.3, 0.4) is 0 Å². The van der Waals surface area contributed by atoms with Crippen molar-refractivity contribution in [3.05, 3.63) is 48.3 Å². The number of hydrogen-bond acceptors (Lipinski definition) is 9. The molecule has 1 unspecified atom stereocenters. The van der Waals surface area contributed by atoms with Crippen LogP contribution in [0, 0.1) is 17.2 Å². The van der Waals surface area contributed by atoms with Crippen LogP contribution in [0.25, 0.3) is 21.0 Å². The zero-order valence-electron chi connectivity index (χ0n) is 25.2. The van der Waals surface area contributed by atoms with Gasteiger partial charge in [-0.1, -0.05) is 25.0 Å². The van der Waals surface area contributed by atoms with Crippen molar-refractivity contribution in [2.45, 2.75) is 69.2 Å². The highest BCUT2D eigenvalue weighted by Gasteiger charge is 2.47. The molecular formula is C32H34F3N5O4S2. The van der Waals surface area contributed by atoms with Crippen molar-refractivity contribution in [1.29, 1.82) is 5.26 Å². The van der Waals surface area contributed by atoms with E-state index in [0.717, 1.165) is 48.0 Å². The molecule has 1 aliphatic heterocycles. The van der Waals surface area contributed by atoms with Crippen LogP contribution in [-0.4, -0.2) is 66.7 Å². The average molecular weight is 674 g/mol. The Balaban J connectivity index is 1.32. The Kier molecular flexibility index (Phi) is 8.75. The number of sulfone groups is 1. The molecule has 1 N–H and O–H groups in total. The Morgan fingerprint density at radius 1 is 1.11 bits per heavy atom. The molecule has 46 heavy (non-hydrogen) atoms. The average Bonchev–Trinajstić information content (AvgIpc) is 3.67. The Bertz CT molecular complexity index is 1720. The number of aromatic nitrogens is 2. The normalized spacial score (nSPS) is 22.8. The minimum Gasteiger partial charge on any atom is -0.465 e. The Morgan fingerprint density at radius 3 is 2.39 bits per heavy atom. The second kappa shape index (κ2) is 12.5. The summed E-state index contributed by atoms with van der Waals surface area (Å²) < 4.78 is 67.8. The highest BCUT2D eigenvalue weighted by molar-refractivity contribution is 7.91. The number of nitrogens with zero attached hydrogens (tertiary/aromatic N) is 4. The minimum atomic E-state index is -4.52. The van der Waals surface area contributed by atoms with E-state index < -0.39 is 27.7 Å². The molecule has 3 heterocycles. The second-order valence-corrected chi connectivity index (χ2v) is 15.6. The Labute approximate surface area is 269 Å². The largest absolute Gasteiger partial charge is 0.465 e. The fourth-order valence-corrected chi connectivity index (χ4v) is 8.36. The van der Waals surface area contributed by atoms with E-state index >= 15 is 0 Å². The molecule has 1 saturated heterocycles. The van der Waals surface area contributed by atoms with Gasteiger partial charge in [-0.3, -0.25) is 4.79 Å². The van der Waals surface area contributed by atoms with Gasteiger partial charge >= 0.3 is 6.18 Å². The van der Waals surface area contributed by atoms with Crippen molar-refractivity contribution in [2.24, 2.45) is 5.92 Å². The van der Waals surface area contributed by atoms with E-state index in [4.69, 9.17) is 9.72 Å². The van der Waals surface area contributed by atoms with Gasteiger partial charge in [0.05, 0.1) is 28.1 Å². The van der Waals surface area contributed by atoms with Crippen LogP contribution in [0.4, 0.5) is 18.9 Å². The fourth-order valence-electron chi connectivity index (χ4n) is 6.02. The molecule has 2 saturated carbocycles. The van der Waals surface area contributed by atoms with Gasteiger partial charge in [-0.2, -0.15) is 18.4 Å². The first-order valence-corrected chi connectivity index (χ1v) is 18.0. The molecule has 2 aromatic heterocycles. The van der Waals surface area contributed by atoms with Crippen molar-refractivity contribution < 1.29 is 31.1 Å². The summed E-state index contributed by atoms with van der Waals surface area (Å²) in [6.07, 6.45) is -0.574. The summed E-state index contributed by atoms with van der Waals surface area (Å²) in [5.41, 5.74) is 2.40.